The Morgan fingerprint density at radius 2 is 1.72 bits per heavy atom. The van der Waals surface area contributed by atoms with Gasteiger partial charge >= 0.3 is 0 Å². The standard InChI is InChI=1S/C16H21Cl2N3O3S/c17-13-4-3-5-14(16(13)18)25(23,24)21-10-8-20(9-11-21)15(22)12-19-6-1-2-7-19/h3-5H,1-2,6-12H2/p+1. The minimum atomic E-state index is -3.71. The van der Waals surface area contributed by atoms with Crippen molar-refractivity contribution in [2.75, 3.05) is 45.8 Å². The van der Waals surface area contributed by atoms with Gasteiger partial charge in [-0.2, -0.15) is 4.31 Å². The number of sulfonamides is 1. The van der Waals surface area contributed by atoms with Gasteiger partial charge < -0.3 is 9.80 Å². The van der Waals surface area contributed by atoms with Crippen molar-refractivity contribution in [3.8, 4) is 0 Å². The number of rotatable bonds is 4. The Hall–Kier alpha value is -0.860. The van der Waals surface area contributed by atoms with Crippen LogP contribution in [0.4, 0.5) is 0 Å². The number of nitrogens with zero attached hydrogens (tertiary/aromatic N) is 2. The lowest BCUT2D eigenvalue weighted by Crippen LogP contribution is -3.11. The molecule has 138 valence electrons. The highest BCUT2D eigenvalue weighted by molar-refractivity contribution is 7.89. The lowest BCUT2D eigenvalue weighted by molar-refractivity contribution is -0.879. The molecule has 1 aromatic rings. The number of carbonyl (C=O) groups excluding carboxylic acids is 1. The summed E-state index contributed by atoms with van der Waals surface area (Å²) in [4.78, 5) is 15.5. The second-order valence-corrected chi connectivity index (χ2v) is 9.16. The normalized spacial score (nSPS) is 20.2. The summed E-state index contributed by atoms with van der Waals surface area (Å²) in [6.07, 6.45) is 2.35. The molecular weight excluding hydrogens is 385 g/mol. The van der Waals surface area contributed by atoms with Gasteiger partial charge in [0.05, 0.1) is 23.1 Å². The van der Waals surface area contributed by atoms with Crippen LogP contribution in [-0.4, -0.2) is 69.3 Å². The Morgan fingerprint density at radius 1 is 1.08 bits per heavy atom. The van der Waals surface area contributed by atoms with Crippen LogP contribution < -0.4 is 4.90 Å². The summed E-state index contributed by atoms with van der Waals surface area (Å²) < 4.78 is 27.0. The Bertz CT molecular complexity index is 743. The van der Waals surface area contributed by atoms with Crippen LogP contribution in [0.5, 0.6) is 0 Å². The van der Waals surface area contributed by atoms with E-state index in [1.54, 1.807) is 17.0 Å². The van der Waals surface area contributed by atoms with Crippen molar-refractivity contribution in [1.29, 1.82) is 0 Å². The first kappa shape index (κ1) is 18.9. The van der Waals surface area contributed by atoms with Crippen molar-refractivity contribution in [3.05, 3.63) is 28.2 Å². The first-order valence-corrected chi connectivity index (χ1v) is 10.6. The Kier molecular flexibility index (Phi) is 5.90. The average molecular weight is 407 g/mol. The molecule has 2 heterocycles. The van der Waals surface area contributed by atoms with E-state index in [-0.39, 0.29) is 33.9 Å². The number of amides is 1. The van der Waals surface area contributed by atoms with Gasteiger partial charge in [0, 0.05) is 39.0 Å². The number of quaternary nitrogens is 1. The highest BCUT2D eigenvalue weighted by Crippen LogP contribution is 2.31. The lowest BCUT2D eigenvalue weighted by Gasteiger charge is -2.34. The molecule has 0 spiro atoms. The van der Waals surface area contributed by atoms with Crippen molar-refractivity contribution in [3.63, 3.8) is 0 Å². The minimum Gasteiger partial charge on any atom is -0.335 e. The molecule has 1 amide bonds. The van der Waals surface area contributed by atoms with Gasteiger partial charge in [0.2, 0.25) is 10.0 Å². The van der Waals surface area contributed by atoms with Crippen molar-refractivity contribution >= 4 is 39.1 Å². The molecule has 1 N–H and O–H groups in total. The summed E-state index contributed by atoms with van der Waals surface area (Å²) in [7, 11) is -3.71. The van der Waals surface area contributed by atoms with E-state index in [1.165, 1.54) is 28.1 Å². The molecule has 9 heteroatoms. The highest BCUT2D eigenvalue weighted by Gasteiger charge is 2.33. The third-order valence-electron chi connectivity index (χ3n) is 4.84. The van der Waals surface area contributed by atoms with Crippen LogP contribution in [0.15, 0.2) is 23.1 Å². The summed E-state index contributed by atoms with van der Waals surface area (Å²) in [6, 6.07) is 4.58. The van der Waals surface area contributed by atoms with Gasteiger partial charge in [-0.1, -0.05) is 29.3 Å². The molecule has 0 bridgehead atoms. The fourth-order valence-electron chi connectivity index (χ4n) is 3.38. The van der Waals surface area contributed by atoms with Crippen LogP contribution in [0.1, 0.15) is 12.8 Å². The van der Waals surface area contributed by atoms with E-state index in [2.05, 4.69) is 0 Å². The number of nitrogens with one attached hydrogen (secondary N) is 1. The highest BCUT2D eigenvalue weighted by atomic mass is 35.5. The number of hydrogen-bond donors (Lipinski definition) is 1. The summed E-state index contributed by atoms with van der Waals surface area (Å²) in [5, 5.41) is 0.255. The molecule has 0 radical (unpaired) electrons. The smallest absolute Gasteiger partial charge is 0.277 e. The number of benzene rings is 1. The van der Waals surface area contributed by atoms with Crippen molar-refractivity contribution in [2.24, 2.45) is 0 Å². The Morgan fingerprint density at radius 3 is 2.36 bits per heavy atom. The molecule has 0 aromatic heterocycles. The molecule has 2 saturated heterocycles. The molecule has 0 saturated carbocycles. The van der Waals surface area contributed by atoms with Gasteiger partial charge in [0.25, 0.3) is 5.91 Å². The number of piperazine rings is 1. The summed E-state index contributed by atoms with van der Waals surface area (Å²) in [5.41, 5.74) is 0. The molecule has 0 aliphatic carbocycles. The van der Waals surface area contributed by atoms with Gasteiger partial charge in [0.1, 0.15) is 4.90 Å². The fourth-order valence-corrected chi connectivity index (χ4v) is 5.54. The third-order valence-corrected chi connectivity index (χ3v) is 7.71. The first-order chi connectivity index (χ1) is 11.9. The van der Waals surface area contributed by atoms with Gasteiger partial charge in [-0.05, 0) is 12.1 Å². The summed E-state index contributed by atoms with van der Waals surface area (Å²) in [5.74, 6) is 0.106. The number of halogens is 2. The molecule has 0 atom stereocenters. The lowest BCUT2D eigenvalue weighted by atomic mass is 10.3. The molecule has 2 aliphatic heterocycles. The monoisotopic (exact) mass is 406 g/mol. The van der Waals surface area contributed by atoms with Gasteiger partial charge in [-0.3, -0.25) is 4.79 Å². The minimum absolute atomic E-state index is 0.0166. The second-order valence-electron chi connectivity index (χ2n) is 6.47. The maximum atomic E-state index is 12.8. The molecule has 0 unspecified atom stereocenters. The zero-order valence-corrected chi connectivity index (χ0v) is 16.2. The molecule has 6 nitrogen and oxygen atoms in total. The Labute approximate surface area is 158 Å². The largest absolute Gasteiger partial charge is 0.335 e. The first-order valence-electron chi connectivity index (χ1n) is 8.45. The number of hydrogen-bond acceptors (Lipinski definition) is 3. The third kappa shape index (κ3) is 4.11. The van der Waals surface area contributed by atoms with E-state index in [0.29, 0.717) is 19.6 Å². The number of likely N-dealkylation sites (tertiary alicyclic amines) is 1. The maximum Gasteiger partial charge on any atom is 0.277 e. The second kappa shape index (κ2) is 7.80. The van der Waals surface area contributed by atoms with Crippen LogP contribution in [0.2, 0.25) is 10.0 Å². The molecular formula is C16H22Cl2N3O3S+. The quantitative estimate of drug-likeness (QED) is 0.791. The molecule has 2 aliphatic rings. The number of carbonyl (C=O) groups is 1. The summed E-state index contributed by atoms with van der Waals surface area (Å²) in [6.45, 7) is 3.96. The van der Waals surface area contributed by atoms with Gasteiger partial charge in [-0.25, -0.2) is 8.42 Å². The Balaban J connectivity index is 1.63. The molecule has 25 heavy (non-hydrogen) atoms. The molecule has 1 aromatic carbocycles. The van der Waals surface area contributed by atoms with Gasteiger partial charge in [-0.15, -0.1) is 0 Å². The zero-order valence-electron chi connectivity index (χ0n) is 13.9. The fraction of sp³-hybridized carbons (Fsp3) is 0.562. The van der Waals surface area contributed by atoms with Crippen molar-refractivity contribution in [1.82, 2.24) is 9.21 Å². The topological polar surface area (TPSA) is 62.1 Å². The van der Waals surface area contributed by atoms with Crippen LogP contribution >= 0.6 is 23.2 Å². The van der Waals surface area contributed by atoms with Crippen LogP contribution in [0, 0.1) is 0 Å². The SMILES string of the molecule is O=C(C[NH+]1CCCC1)N1CCN(S(=O)(=O)c2cccc(Cl)c2Cl)CC1. The van der Waals surface area contributed by atoms with E-state index in [1.807, 2.05) is 0 Å². The maximum absolute atomic E-state index is 12.8. The molecule has 2 fully saturated rings. The predicted octanol–water partition coefficient (Wildman–Crippen LogP) is 0.505. The van der Waals surface area contributed by atoms with Crippen LogP contribution in [0.3, 0.4) is 0 Å². The summed E-state index contributed by atoms with van der Waals surface area (Å²) >= 11 is 12.0. The van der Waals surface area contributed by atoms with Crippen molar-refractivity contribution in [2.45, 2.75) is 17.7 Å². The van der Waals surface area contributed by atoms with E-state index in [9.17, 15) is 13.2 Å². The van der Waals surface area contributed by atoms with E-state index in [4.69, 9.17) is 23.2 Å². The van der Waals surface area contributed by atoms with E-state index in [0.717, 1.165) is 13.1 Å². The molecule has 3 rings (SSSR count). The zero-order chi connectivity index (χ0) is 18.0. The van der Waals surface area contributed by atoms with Crippen LogP contribution in [0.25, 0.3) is 0 Å². The predicted molar refractivity (Wildman–Crippen MR) is 96.6 cm³/mol. The van der Waals surface area contributed by atoms with Crippen LogP contribution in [-0.2, 0) is 14.8 Å². The van der Waals surface area contributed by atoms with Gasteiger partial charge in [0.15, 0.2) is 6.54 Å². The van der Waals surface area contributed by atoms with Crippen molar-refractivity contribution < 1.29 is 18.1 Å². The van der Waals surface area contributed by atoms with E-state index < -0.39 is 10.0 Å². The average Bonchev–Trinajstić information content (AvgIpc) is 3.10. The van der Waals surface area contributed by atoms with E-state index >= 15 is 0 Å².